The van der Waals surface area contributed by atoms with Crippen molar-refractivity contribution in [3.05, 3.63) is 54.1 Å². The van der Waals surface area contributed by atoms with E-state index in [0.29, 0.717) is 36.7 Å². The van der Waals surface area contributed by atoms with Gasteiger partial charge in [-0.2, -0.15) is 0 Å². The second-order valence-electron chi connectivity index (χ2n) is 5.33. The van der Waals surface area contributed by atoms with Crippen LogP contribution < -0.4 is 25.8 Å². The second kappa shape index (κ2) is 11.8. The molecule has 27 heavy (non-hydrogen) atoms. The Morgan fingerprint density at radius 3 is 2.26 bits per heavy atom. The molecule has 2 amide bonds. The van der Waals surface area contributed by atoms with Crippen LogP contribution in [0.15, 0.2) is 48.5 Å². The monoisotopic (exact) mass is 393 g/mol. The van der Waals surface area contributed by atoms with Gasteiger partial charge in [0.25, 0.3) is 11.8 Å². The Bertz CT molecular complexity index is 738. The predicted octanol–water partition coefficient (Wildman–Crippen LogP) is 2.21. The number of amides is 2. The molecule has 146 valence electrons. The normalized spacial score (nSPS) is 9.70. The maximum absolute atomic E-state index is 12.1. The minimum Gasteiger partial charge on any atom is -0.494 e. The Kier molecular flexibility index (Phi) is 9.71. The van der Waals surface area contributed by atoms with E-state index >= 15 is 0 Å². The molecule has 7 nitrogen and oxygen atoms in total. The van der Waals surface area contributed by atoms with Crippen molar-refractivity contribution < 1.29 is 19.1 Å². The lowest BCUT2D eigenvalue weighted by Crippen LogP contribution is -2.30. The van der Waals surface area contributed by atoms with Gasteiger partial charge in [0.15, 0.2) is 6.61 Å². The molecule has 0 unspecified atom stereocenters. The van der Waals surface area contributed by atoms with Gasteiger partial charge in [0.05, 0.1) is 17.9 Å². The zero-order chi connectivity index (χ0) is 18.8. The summed E-state index contributed by atoms with van der Waals surface area (Å²) in [6.07, 6.45) is 0. The summed E-state index contributed by atoms with van der Waals surface area (Å²) < 4.78 is 10.8. The number of halogens is 1. The fourth-order valence-electron chi connectivity index (χ4n) is 2.20. The van der Waals surface area contributed by atoms with Crippen molar-refractivity contribution in [3.63, 3.8) is 0 Å². The van der Waals surface area contributed by atoms with E-state index in [4.69, 9.17) is 15.2 Å². The maximum atomic E-state index is 12.1. The van der Waals surface area contributed by atoms with Crippen molar-refractivity contribution in [2.75, 3.05) is 31.6 Å². The molecule has 0 atom stereocenters. The number of carbonyl (C=O) groups excluding carboxylic acids is 2. The first-order chi connectivity index (χ1) is 12.6. The van der Waals surface area contributed by atoms with Gasteiger partial charge in [0, 0.05) is 13.1 Å². The summed E-state index contributed by atoms with van der Waals surface area (Å²) >= 11 is 0. The lowest BCUT2D eigenvalue weighted by atomic mass is 10.1. The molecule has 0 aromatic heterocycles. The number of hydrogen-bond acceptors (Lipinski definition) is 5. The van der Waals surface area contributed by atoms with E-state index in [-0.39, 0.29) is 30.8 Å². The van der Waals surface area contributed by atoms with Gasteiger partial charge in [-0.1, -0.05) is 12.1 Å². The molecular weight excluding hydrogens is 370 g/mol. The third-order valence-electron chi connectivity index (χ3n) is 3.38. The lowest BCUT2D eigenvalue weighted by molar-refractivity contribution is -0.118. The van der Waals surface area contributed by atoms with Crippen molar-refractivity contribution in [3.8, 4) is 11.5 Å². The Labute approximate surface area is 164 Å². The van der Waals surface area contributed by atoms with Gasteiger partial charge in [0.2, 0.25) is 0 Å². The summed E-state index contributed by atoms with van der Waals surface area (Å²) in [6, 6.07) is 13.8. The third-order valence-corrected chi connectivity index (χ3v) is 3.38. The number of rotatable bonds is 9. The molecule has 2 aromatic carbocycles. The van der Waals surface area contributed by atoms with Crippen molar-refractivity contribution in [1.82, 2.24) is 5.32 Å². The van der Waals surface area contributed by atoms with Crippen LogP contribution in [0, 0.1) is 0 Å². The van der Waals surface area contributed by atoms with Crippen LogP contribution in [0.25, 0.3) is 0 Å². The highest BCUT2D eigenvalue weighted by atomic mass is 35.5. The number of para-hydroxylation sites is 1. The van der Waals surface area contributed by atoms with E-state index in [2.05, 4.69) is 10.6 Å². The molecule has 0 aliphatic carbocycles. The Hall–Kier alpha value is -2.77. The summed E-state index contributed by atoms with van der Waals surface area (Å²) in [4.78, 5) is 24.2. The fourth-order valence-corrected chi connectivity index (χ4v) is 2.20. The van der Waals surface area contributed by atoms with Gasteiger partial charge in [-0.3, -0.25) is 9.59 Å². The van der Waals surface area contributed by atoms with Gasteiger partial charge >= 0.3 is 0 Å². The first kappa shape index (κ1) is 22.3. The molecule has 2 aromatic rings. The van der Waals surface area contributed by atoms with Gasteiger partial charge in [0.1, 0.15) is 11.5 Å². The number of hydrogen-bond donors (Lipinski definition) is 3. The predicted molar refractivity (Wildman–Crippen MR) is 107 cm³/mol. The van der Waals surface area contributed by atoms with Crippen LogP contribution in [-0.4, -0.2) is 38.1 Å². The minimum absolute atomic E-state index is 0. The number of nitrogens with two attached hydrogens (primary N) is 1. The number of benzene rings is 2. The van der Waals surface area contributed by atoms with Crippen LogP contribution in [-0.2, 0) is 4.79 Å². The molecule has 0 saturated heterocycles. The molecule has 0 spiro atoms. The first-order valence-corrected chi connectivity index (χ1v) is 8.37. The summed E-state index contributed by atoms with van der Waals surface area (Å²) in [7, 11) is 0. The fraction of sp³-hybridized carbons (Fsp3) is 0.263. The molecule has 2 rings (SSSR count). The lowest BCUT2D eigenvalue weighted by Gasteiger charge is -2.12. The topological polar surface area (TPSA) is 103 Å². The van der Waals surface area contributed by atoms with Crippen LogP contribution >= 0.6 is 12.4 Å². The molecule has 0 aliphatic heterocycles. The highest BCUT2D eigenvalue weighted by Gasteiger charge is 2.13. The molecule has 0 saturated carbocycles. The highest BCUT2D eigenvalue weighted by molar-refractivity contribution is 6.04. The van der Waals surface area contributed by atoms with Crippen LogP contribution in [0.4, 0.5) is 5.69 Å². The van der Waals surface area contributed by atoms with Crippen LogP contribution in [0.2, 0.25) is 0 Å². The third kappa shape index (κ3) is 7.16. The van der Waals surface area contributed by atoms with Crippen LogP contribution in [0.1, 0.15) is 17.3 Å². The maximum Gasteiger partial charge on any atom is 0.262 e. The molecule has 0 bridgehead atoms. The smallest absolute Gasteiger partial charge is 0.262 e. The number of carbonyl (C=O) groups is 2. The highest BCUT2D eigenvalue weighted by Crippen LogP contribution is 2.18. The quantitative estimate of drug-likeness (QED) is 0.606. The Balaban J connectivity index is 0.00000364. The van der Waals surface area contributed by atoms with Crippen molar-refractivity contribution in [1.29, 1.82) is 0 Å². The first-order valence-electron chi connectivity index (χ1n) is 8.37. The van der Waals surface area contributed by atoms with Crippen LogP contribution in [0.5, 0.6) is 11.5 Å². The summed E-state index contributed by atoms with van der Waals surface area (Å²) in [5, 5.41) is 5.37. The van der Waals surface area contributed by atoms with Gasteiger partial charge < -0.3 is 25.8 Å². The molecule has 8 heteroatoms. The molecule has 0 radical (unpaired) electrons. The average Bonchev–Trinajstić information content (AvgIpc) is 2.66. The molecule has 0 heterocycles. The largest absolute Gasteiger partial charge is 0.494 e. The number of nitrogens with one attached hydrogen (secondary N) is 2. The van der Waals surface area contributed by atoms with Crippen molar-refractivity contribution >= 4 is 29.9 Å². The number of ether oxygens (including phenoxy) is 2. The zero-order valence-corrected chi connectivity index (χ0v) is 15.9. The summed E-state index contributed by atoms with van der Waals surface area (Å²) in [5.74, 6) is 0.635. The molecule has 4 N–H and O–H groups in total. The summed E-state index contributed by atoms with van der Waals surface area (Å²) in [6.45, 7) is 3.02. The van der Waals surface area contributed by atoms with Crippen LogP contribution in [0.3, 0.4) is 0 Å². The van der Waals surface area contributed by atoms with E-state index in [1.807, 2.05) is 6.92 Å². The van der Waals surface area contributed by atoms with E-state index in [1.54, 1.807) is 48.5 Å². The molecule has 0 aliphatic rings. The van der Waals surface area contributed by atoms with E-state index in [0.717, 1.165) is 5.75 Å². The van der Waals surface area contributed by atoms with E-state index in [1.165, 1.54) is 0 Å². The molecule has 0 fully saturated rings. The van der Waals surface area contributed by atoms with Gasteiger partial charge in [-0.25, -0.2) is 0 Å². The Morgan fingerprint density at radius 1 is 1.00 bits per heavy atom. The Morgan fingerprint density at radius 2 is 1.63 bits per heavy atom. The SMILES string of the molecule is CCOc1ccc(OCC(=O)Nc2ccccc2C(=O)NCCN)cc1.Cl. The van der Waals surface area contributed by atoms with Gasteiger partial charge in [-0.15, -0.1) is 12.4 Å². The van der Waals surface area contributed by atoms with Gasteiger partial charge in [-0.05, 0) is 43.3 Å². The van der Waals surface area contributed by atoms with E-state index in [9.17, 15) is 9.59 Å². The van der Waals surface area contributed by atoms with Crippen molar-refractivity contribution in [2.24, 2.45) is 5.73 Å². The summed E-state index contributed by atoms with van der Waals surface area (Å²) in [5.41, 5.74) is 6.18. The average molecular weight is 394 g/mol. The zero-order valence-electron chi connectivity index (χ0n) is 15.1. The molecular formula is C19H24ClN3O4. The minimum atomic E-state index is -0.363. The van der Waals surface area contributed by atoms with Crippen molar-refractivity contribution in [2.45, 2.75) is 6.92 Å². The number of anilines is 1. The standard InChI is InChI=1S/C19H23N3O4.ClH/c1-2-25-14-7-9-15(10-8-14)26-13-18(23)22-17-6-4-3-5-16(17)19(24)21-12-11-20;/h3-10H,2,11-13,20H2,1H3,(H,21,24)(H,22,23);1H. The van der Waals surface area contributed by atoms with E-state index < -0.39 is 0 Å². The second-order valence-corrected chi connectivity index (χ2v) is 5.33.